The monoisotopic (exact) mass is 517 g/mol. The highest BCUT2D eigenvalue weighted by Gasteiger charge is 2.13. The summed E-state index contributed by atoms with van der Waals surface area (Å²) in [5, 5.41) is 25.9. The molecule has 2 aromatic heterocycles. The fourth-order valence-electron chi connectivity index (χ4n) is 3.22. The van der Waals surface area contributed by atoms with Gasteiger partial charge in [-0.3, -0.25) is 14.9 Å². The highest BCUT2D eigenvalue weighted by molar-refractivity contribution is 7.99. The summed E-state index contributed by atoms with van der Waals surface area (Å²) in [4.78, 5) is 32.0. The molecule has 4 aromatic rings. The third kappa shape index (κ3) is 6.04. The molecule has 180 valence electrons. The Morgan fingerprint density at radius 3 is 2.67 bits per heavy atom. The van der Waals surface area contributed by atoms with Crippen LogP contribution in [-0.2, 0) is 4.79 Å². The van der Waals surface area contributed by atoms with E-state index in [1.807, 2.05) is 24.3 Å². The molecule has 0 aliphatic rings. The van der Waals surface area contributed by atoms with Gasteiger partial charge in [-0.2, -0.15) is 5.26 Å². The molecule has 2 aromatic carbocycles. The minimum absolute atomic E-state index is 0.0236. The molecule has 0 aliphatic heterocycles. The van der Waals surface area contributed by atoms with Crippen LogP contribution in [0.25, 0.3) is 22.5 Å². The van der Waals surface area contributed by atoms with Gasteiger partial charge in [-0.15, -0.1) is 23.1 Å². The van der Waals surface area contributed by atoms with Gasteiger partial charge in [-0.25, -0.2) is 9.97 Å². The molecule has 0 radical (unpaired) electrons. The number of non-ortho nitro benzene ring substituents is 1. The number of hydrogen-bond acceptors (Lipinski definition) is 9. The summed E-state index contributed by atoms with van der Waals surface area (Å²) in [6.45, 7) is 0. The average molecular weight is 518 g/mol. The standard InChI is InChI=1S/C25H19N5O4S2/c1-34-20-8-5-16(6-9-20)21-10-7-18(14-26)24(27-21)35-12-11-23(31)29-25-28-22(15-36-25)17-3-2-4-19(13-17)30(32)33/h2-10,13,15H,11-12H2,1H3,(H,28,29,31). The van der Waals surface area contributed by atoms with E-state index in [9.17, 15) is 20.2 Å². The second-order valence-corrected chi connectivity index (χ2v) is 9.32. The molecule has 0 saturated carbocycles. The summed E-state index contributed by atoms with van der Waals surface area (Å²) in [7, 11) is 1.60. The molecule has 0 unspecified atom stereocenters. The molecule has 4 rings (SSSR count). The summed E-state index contributed by atoms with van der Waals surface area (Å²) < 4.78 is 5.19. The molecule has 0 saturated heterocycles. The number of rotatable bonds is 9. The number of benzene rings is 2. The van der Waals surface area contributed by atoms with Crippen LogP contribution in [0.3, 0.4) is 0 Å². The Morgan fingerprint density at radius 2 is 1.94 bits per heavy atom. The van der Waals surface area contributed by atoms with Gasteiger partial charge in [0.25, 0.3) is 5.69 Å². The number of thioether (sulfide) groups is 1. The Bertz CT molecular complexity index is 1450. The number of aromatic nitrogens is 2. The van der Waals surface area contributed by atoms with E-state index in [1.54, 1.807) is 36.8 Å². The zero-order valence-electron chi connectivity index (χ0n) is 19.0. The topological polar surface area (TPSA) is 131 Å². The molecule has 9 nitrogen and oxygen atoms in total. The number of methoxy groups -OCH3 is 1. The number of anilines is 1. The van der Waals surface area contributed by atoms with E-state index in [-0.39, 0.29) is 18.0 Å². The minimum Gasteiger partial charge on any atom is -0.497 e. The Balaban J connectivity index is 1.36. The summed E-state index contributed by atoms with van der Waals surface area (Å²) in [5.41, 5.74) is 3.18. The first kappa shape index (κ1) is 24.8. The lowest BCUT2D eigenvalue weighted by molar-refractivity contribution is -0.384. The smallest absolute Gasteiger partial charge is 0.270 e. The molecule has 0 aliphatic carbocycles. The fourth-order valence-corrected chi connectivity index (χ4v) is 4.87. The molecule has 1 N–H and O–H groups in total. The van der Waals surface area contributed by atoms with Gasteiger partial charge in [-0.1, -0.05) is 12.1 Å². The number of carbonyl (C=O) groups is 1. The van der Waals surface area contributed by atoms with Crippen LogP contribution in [0.15, 0.2) is 71.1 Å². The molecule has 2 heterocycles. The lowest BCUT2D eigenvalue weighted by atomic mass is 10.1. The number of thiazole rings is 1. The van der Waals surface area contributed by atoms with Crippen LogP contribution in [-0.4, -0.2) is 33.7 Å². The second kappa shape index (κ2) is 11.4. The van der Waals surface area contributed by atoms with Crippen LogP contribution >= 0.6 is 23.1 Å². The van der Waals surface area contributed by atoms with Crippen molar-refractivity contribution in [3.63, 3.8) is 0 Å². The van der Waals surface area contributed by atoms with Crippen LogP contribution in [0.1, 0.15) is 12.0 Å². The van der Waals surface area contributed by atoms with E-state index in [0.29, 0.717) is 32.7 Å². The maximum Gasteiger partial charge on any atom is 0.270 e. The van der Waals surface area contributed by atoms with Crippen molar-refractivity contribution in [1.29, 1.82) is 5.26 Å². The van der Waals surface area contributed by atoms with Gasteiger partial charge in [0.2, 0.25) is 5.91 Å². The molecule has 0 bridgehead atoms. The quantitative estimate of drug-likeness (QED) is 0.168. The van der Waals surface area contributed by atoms with Crippen molar-refractivity contribution < 1.29 is 14.5 Å². The third-order valence-corrected chi connectivity index (χ3v) is 6.79. The molecule has 0 fully saturated rings. The maximum absolute atomic E-state index is 12.5. The van der Waals surface area contributed by atoms with Gasteiger partial charge in [0.1, 0.15) is 16.8 Å². The number of pyridine rings is 1. The maximum atomic E-state index is 12.5. The van der Waals surface area contributed by atoms with Gasteiger partial charge in [0, 0.05) is 40.8 Å². The SMILES string of the molecule is COc1ccc(-c2ccc(C#N)c(SCCC(=O)Nc3nc(-c4cccc([N+](=O)[O-])c4)cs3)n2)cc1. The highest BCUT2D eigenvalue weighted by Crippen LogP contribution is 2.29. The van der Waals surface area contributed by atoms with E-state index in [1.165, 1.54) is 35.2 Å². The number of nitriles is 1. The average Bonchev–Trinajstić information content (AvgIpc) is 3.37. The zero-order valence-corrected chi connectivity index (χ0v) is 20.6. The van der Waals surface area contributed by atoms with E-state index in [4.69, 9.17) is 4.74 Å². The molecule has 36 heavy (non-hydrogen) atoms. The summed E-state index contributed by atoms with van der Waals surface area (Å²) >= 11 is 2.57. The van der Waals surface area contributed by atoms with Crippen LogP contribution in [0.2, 0.25) is 0 Å². The van der Waals surface area contributed by atoms with Crippen molar-refractivity contribution in [2.24, 2.45) is 0 Å². The van der Waals surface area contributed by atoms with Crippen LogP contribution in [0, 0.1) is 21.4 Å². The molecular formula is C25H19N5O4S2. The first-order valence-electron chi connectivity index (χ1n) is 10.7. The largest absolute Gasteiger partial charge is 0.497 e. The van der Waals surface area contributed by atoms with Gasteiger partial charge >= 0.3 is 0 Å². The summed E-state index contributed by atoms with van der Waals surface area (Å²) in [5.74, 6) is 0.931. The lowest BCUT2D eigenvalue weighted by Crippen LogP contribution is -2.12. The van der Waals surface area contributed by atoms with E-state index < -0.39 is 4.92 Å². The van der Waals surface area contributed by atoms with Crippen molar-refractivity contribution >= 4 is 39.8 Å². The van der Waals surface area contributed by atoms with E-state index >= 15 is 0 Å². The number of nitrogens with zero attached hydrogens (tertiary/aromatic N) is 4. The van der Waals surface area contributed by atoms with Crippen LogP contribution in [0.5, 0.6) is 5.75 Å². The number of nitro groups is 1. The first-order valence-corrected chi connectivity index (χ1v) is 12.5. The third-order valence-electron chi connectivity index (χ3n) is 5.04. The van der Waals surface area contributed by atoms with E-state index in [0.717, 1.165) is 17.0 Å². The van der Waals surface area contributed by atoms with Crippen LogP contribution < -0.4 is 10.1 Å². The van der Waals surface area contributed by atoms with E-state index in [2.05, 4.69) is 21.4 Å². The van der Waals surface area contributed by atoms with Crippen molar-refractivity contribution in [2.45, 2.75) is 11.4 Å². The molecular weight excluding hydrogens is 498 g/mol. The molecule has 1 amide bonds. The number of nitro benzene ring substituents is 1. The number of hydrogen-bond donors (Lipinski definition) is 1. The fraction of sp³-hybridized carbons (Fsp3) is 0.120. The predicted molar refractivity (Wildman–Crippen MR) is 139 cm³/mol. The Hall–Kier alpha value is -4.27. The second-order valence-electron chi connectivity index (χ2n) is 7.38. The Kier molecular flexibility index (Phi) is 7.89. The Labute approximate surface area is 215 Å². The molecule has 0 atom stereocenters. The van der Waals surface area contributed by atoms with Crippen LogP contribution in [0.4, 0.5) is 10.8 Å². The van der Waals surface area contributed by atoms with Crippen molar-refractivity contribution in [2.75, 3.05) is 18.2 Å². The van der Waals surface area contributed by atoms with Crippen molar-refractivity contribution in [1.82, 2.24) is 9.97 Å². The van der Waals surface area contributed by atoms with Crippen molar-refractivity contribution in [3.05, 3.63) is 81.7 Å². The molecule has 0 spiro atoms. The number of ether oxygens (including phenoxy) is 1. The van der Waals surface area contributed by atoms with Gasteiger partial charge in [0.15, 0.2) is 5.13 Å². The minimum atomic E-state index is -0.463. The lowest BCUT2D eigenvalue weighted by Gasteiger charge is -2.07. The Morgan fingerprint density at radius 1 is 1.14 bits per heavy atom. The predicted octanol–water partition coefficient (Wildman–Crippen LogP) is 5.78. The first-order chi connectivity index (χ1) is 17.5. The van der Waals surface area contributed by atoms with Crippen molar-refractivity contribution in [3.8, 4) is 34.3 Å². The highest BCUT2D eigenvalue weighted by atomic mass is 32.2. The molecule has 11 heteroatoms. The zero-order chi connectivity index (χ0) is 25.5. The number of amides is 1. The van der Waals surface area contributed by atoms with Gasteiger partial charge in [-0.05, 0) is 36.4 Å². The van der Waals surface area contributed by atoms with Gasteiger partial charge < -0.3 is 10.1 Å². The summed E-state index contributed by atoms with van der Waals surface area (Å²) in [6.07, 6.45) is 0.190. The summed E-state index contributed by atoms with van der Waals surface area (Å²) in [6, 6.07) is 19.3. The number of nitrogens with one attached hydrogen (secondary N) is 1. The van der Waals surface area contributed by atoms with Gasteiger partial charge in [0.05, 0.1) is 29.0 Å². The normalized spacial score (nSPS) is 10.4. The number of carbonyl (C=O) groups excluding carboxylic acids is 1.